The van der Waals surface area contributed by atoms with Crippen molar-refractivity contribution < 1.29 is 4.79 Å². The number of rotatable bonds is 4. The van der Waals surface area contributed by atoms with Crippen LogP contribution in [0.4, 0.5) is 11.4 Å². The highest BCUT2D eigenvalue weighted by Crippen LogP contribution is 2.21. The Morgan fingerprint density at radius 3 is 2.09 bits per heavy atom. The highest BCUT2D eigenvalue weighted by Gasteiger charge is 2.22. The fourth-order valence-electron chi connectivity index (χ4n) is 2.52. The van der Waals surface area contributed by atoms with Crippen LogP contribution in [-0.4, -0.2) is 36.8 Å². The summed E-state index contributed by atoms with van der Waals surface area (Å²) in [7, 11) is 5.79. The molecule has 0 N–H and O–H groups in total. The molecule has 0 aliphatic rings. The lowest BCUT2D eigenvalue weighted by molar-refractivity contribution is -0.121. The van der Waals surface area contributed by atoms with Gasteiger partial charge in [0.25, 0.3) is 5.91 Å². The highest BCUT2D eigenvalue weighted by atomic mass is 16.2. The first-order valence-corrected chi connectivity index (χ1v) is 7.39. The first-order valence-electron chi connectivity index (χ1n) is 7.39. The quantitative estimate of drug-likeness (QED) is 0.872. The molecule has 22 heavy (non-hydrogen) atoms. The summed E-state index contributed by atoms with van der Waals surface area (Å²) in [6.45, 7) is 5.78. The van der Waals surface area contributed by atoms with Gasteiger partial charge in [-0.2, -0.15) is 5.10 Å². The second-order valence-corrected chi connectivity index (χ2v) is 5.86. The van der Waals surface area contributed by atoms with Crippen molar-refractivity contribution in [1.82, 2.24) is 9.78 Å². The number of carbonyl (C=O) groups is 1. The summed E-state index contributed by atoms with van der Waals surface area (Å²) in [6.07, 6.45) is 0. The smallest absolute Gasteiger partial charge is 0.251 e. The molecule has 2 rings (SSSR count). The molecule has 0 saturated carbocycles. The first-order chi connectivity index (χ1) is 10.3. The minimum absolute atomic E-state index is 0.0174. The van der Waals surface area contributed by atoms with Crippen LogP contribution in [0.5, 0.6) is 0 Å². The molecule has 0 spiro atoms. The van der Waals surface area contributed by atoms with E-state index in [2.05, 4.69) is 5.10 Å². The number of nitrogens with zero attached hydrogens (tertiary/aromatic N) is 4. The molecule has 0 aliphatic heterocycles. The predicted molar refractivity (Wildman–Crippen MR) is 90.6 cm³/mol. The summed E-state index contributed by atoms with van der Waals surface area (Å²) in [4.78, 5) is 16.4. The van der Waals surface area contributed by atoms with Gasteiger partial charge in [-0.05, 0) is 51.1 Å². The molecule has 2 aromatic rings. The van der Waals surface area contributed by atoms with Gasteiger partial charge in [-0.3, -0.25) is 9.48 Å². The molecular formula is C17H24N4O. The number of aryl methyl sites for hydroxylation is 2. The molecule has 1 amide bonds. The first kappa shape index (κ1) is 16.1. The van der Waals surface area contributed by atoms with E-state index in [-0.39, 0.29) is 11.9 Å². The third kappa shape index (κ3) is 3.13. The van der Waals surface area contributed by atoms with Crippen LogP contribution in [0.3, 0.4) is 0 Å². The van der Waals surface area contributed by atoms with E-state index in [0.717, 1.165) is 22.8 Å². The molecule has 1 unspecified atom stereocenters. The lowest BCUT2D eigenvalue weighted by Gasteiger charge is -2.23. The third-order valence-electron chi connectivity index (χ3n) is 3.85. The predicted octanol–water partition coefficient (Wildman–Crippen LogP) is 2.79. The lowest BCUT2D eigenvalue weighted by Crippen LogP contribution is -2.34. The van der Waals surface area contributed by atoms with Gasteiger partial charge in [0.1, 0.15) is 6.04 Å². The molecule has 5 heteroatoms. The number of benzene rings is 1. The van der Waals surface area contributed by atoms with Gasteiger partial charge in [0, 0.05) is 38.2 Å². The number of hydrogen-bond acceptors (Lipinski definition) is 3. The number of likely N-dealkylation sites (N-methyl/N-ethyl adjacent to an activating group) is 1. The van der Waals surface area contributed by atoms with Crippen molar-refractivity contribution in [1.29, 1.82) is 0 Å². The molecule has 1 aromatic heterocycles. The van der Waals surface area contributed by atoms with Crippen molar-refractivity contribution >= 4 is 17.3 Å². The molecule has 0 aliphatic carbocycles. The van der Waals surface area contributed by atoms with E-state index in [0.29, 0.717) is 0 Å². The second-order valence-electron chi connectivity index (χ2n) is 5.86. The number of anilines is 2. The summed E-state index contributed by atoms with van der Waals surface area (Å²) < 4.78 is 1.78. The van der Waals surface area contributed by atoms with Gasteiger partial charge >= 0.3 is 0 Å². The summed E-state index contributed by atoms with van der Waals surface area (Å²) in [5, 5.41) is 4.41. The van der Waals surface area contributed by atoms with E-state index in [1.807, 2.05) is 70.1 Å². The van der Waals surface area contributed by atoms with Crippen molar-refractivity contribution in [2.45, 2.75) is 26.8 Å². The number of aromatic nitrogens is 2. The van der Waals surface area contributed by atoms with Crippen molar-refractivity contribution in [2.24, 2.45) is 0 Å². The van der Waals surface area contributed by atoms with Crippen molar-refractivity contribution in [3.8, 4) is 0 Å². The fraction of sp³-hybridized carbons (Fsp3) is 0.412. The summed E-state index contributed by atoms with van der Waals surface area (Å²) in [5.41, 5.74) is 3.91. The Labute approximate surface area is 132 Å². The van der Waals surface area contributed by atoms with E-state index < -0.39 is 0 Å². The van der Waals surface area contributed by atoms with Gasteiger partial charge in [0.05, 0.1) is 5.69 Å². The highest BCUT2D eigenvalue weighted by molar-refractivity contribution is 5.95. The molecule has 1 atom stereocenters. The molecule has 118 valence electrons. The van der Waals surface area contributed by atoms with Crippen LogP contribution in [-0.2, 0) is 4.79 Å². The monoisotopic (exact) mass is 300 g/mol. The van der Waals surface area contributed by atoms with Crippen LogP contribution in [0.1, 0.15) is 24.4 Å². The van der Waals surface area contributed by atoms with E-state index in [9.17, 15) is 4.79 Å². The maximum atomic E-state index is 12.7. The molecule has 0 bridgehead atoms. The normalized spacial score (nSPS) is 12.1. The van der Waals surface area contributed by atoms with Gasteiger partial charge in [0.2, 0.25) is 0 Å². The van der Waals surface area contributed by atoms with Crippen LogP contribution in [0.15, 0.2) is 30.3 Å². The van der Waals surface area contributed by atoms with Crippen LogP contribution in [0.2, 0.25) is 0 Å². The summed E-state index contributed by atoms with van der Waals surface area (Å²) >= 11 is 0. The Morgan fingerprint density at radius 1 is 1.09 bits per heavy atom. The SMILES string of the molecule is Cc1cc(C)n(C(C)C(=O)N(C)c2ccc(N(C)C)cc2)n1. The zero-order valence-electron chi connectivity index (χ0n) is 14.2. The average molecular weight is 300 g/mol. The molecular weight excluding hydrogens is 276 g/mol. The topological polar surface area (TPSA) is 41.4 Å². The number of carbonyl (C=O) groups excluding carboxylic acids is 1. The van der Waals surface area contributed by atoms with E-state index >= 15 is 0 Å². The van der Waals surface area contributed by atoms with Crippen LogP contribution in [0, 0.1) is 13.8 Å². The molecule has 1 aromatic carbocycles. The van der Waals surface area contributed by atoms with Crippen LogP contribution in [0.25, 0.3) is 0 Å². The zero-order valence-corrected chi connectivity index (χ0v) is 14.2. The summed E-state index contributed by atoms with van der Waals surface area (Å²) in [6, 6.07) is 9.59. The van der Waals surface area contributed by atoms with Crippen LogP contribution < -0.4 is 9.80 Å². The van der Waals surface area contributed by atoms with Crippen molar-refractivity contribution in [3.05, 3.63) is 41.7 Å². The van der Waals surface area contributed by atoms with Gasteiger partial charge in [-0.1, -0.05) is 0 Å². The standard InChI is InChI=1S/C17H24N4O/c1-12-11-13(2)21(18-12)14(3)17(22)20(6)16-9-7-15(8-10-16)19(4)5/h7-11,14H,1-6H3. The molecule has 0 fully saturated rings. The van der Waals surface area contributed by atoms with E-state index in [4.69, 9.17) is 0 Å². The number of hydrogen-bond donors (Lipinski definition) is 0. The Balaban J connectivity index is 2.19. The second kappa shape index (κ2) is 6.22. The minimum atomic E-state index is -0.327. The van der Waals surface area contributed by atoms with E-state index in [1.165, 1.54) is 0 Å². The Morgan fingerprint density at radius 2 is 1.64 bits per heavy atom. The largest absolute Gasteiger partial charge is 0.378 e. The Bertz CT molecular complexity index is 658. The number of amides is 1. The Hall–Kier alpha value is -2.30. The van der Waals surface area contributed by atoms with Crippen molar-refractivity contribution in [2.75, 3.05) is 30.9 Å². The molecule has 5 nitrogen and oxygen atoms in total. The maximum Gasteiger partial charge on any atom is 0.251 e. The lowest BCUT2D eigenvalue weighted by atomic mass is 10.2. The minimum Gasteiger partial charge on any atom is -0.378 e. The fourth-order valence-corrected chi connectivity index (χ4v) is 2.52. The summed E-state index contributed by atoms with van der Waals surface area (Å²) in [5.74, 6) is 0.0174. The van der Waals surface area contributed by atoms with Gasteiger partial charge in [-0.15, -0.1) is 0 Å². The van der Waals surface area contributed by atoms with E-state index in [1.54, 1.807) is 16.6 Å². The van der Waals surface area contributed by atoms with Gasteiger partial charge in [-0.25, -0.2) is 0 Å². The third-order valence-corrected chi connectivity index (χ3v) is 3.85. The molecule has 0 radical (unpaired) electrons. The van der Waals surface area contributed by atoms with Crippen LogP contribution >= 0.6 is 0 Å². The van der Waals surface area contributed by atoms with Gasteiger partial charge < -0.3 is 9.80 Å². The molecule has 1 heterocycles. The Kier molecular flexibility index (Phi) is 4.54. The van der Waals surface area contributed by atoms with Crippen molar-refractivity contribution in [3.63, 3.8) is 0 Å². The van der Waals surface area contributed by atoms with Gasteiger partial charge in [0.15, 0.2) is 0 Å². The zero-order chi connectivity index (χ0) is 16.4. The molecule has 0 saturated heterocycles. The average Bonchev–Trinajstić information content (AvgIpc) is 2.83. The maximum absolute atomic E-state index is 12.7.